The van der Waals surface area contributed by atoms with Gasteiger partial charge in [0.25, 0.3) is 0 Å². The van der Waals surface area contributed by atoms with Crippen LogP contribution in [0.2, 0.25) is 0 Å². The first kappa shape index (κ1) is 12.5. The summed E-state index contributed by atoms with van der Waals surface area (Å²) in [5.41, 5.74) is 2.00. The number of rotatable bonds is 4. The maximum atomic E-state index is 11.4. The monoisotopic (exact) mass is 221 g/mol. The van der Waals surface area contributed by atoms with Crippen molar-refractivity contribution < 1.29 is 4.79 Å². The van der Waals surface area contributed by atoms with Gasteiger partial charge in [0.05, 0.1) is 0 Å². The first-order chi connectivity index (χ1) is 7.61. The van der Waals surface area contributed by atoms with Gasteiger partial charge in [-0.3, -0.25) is 5.32 Å². The molecule has 2 amide bonds. The number of carbonyl (C=O) groups excluding carboxylic acids is 1. The molecule has 0 aliphatic rings. The SMILES string of the molecule is CCCCNC(=O)Nc1cc(C)cc(C)n1. The lowest BCUT2D eigenvalue weighted by Crippen LogP contribution is -2.29. The predicted octanol–water partition coefficient (Wildman–Crippen LogP) is 2.62. The highest BCUT2D eigenvalue weighted by Crippen LogP contribution is 2.08. The van der Waals surface area contributed by atoms with Crippen LogP contribution in [0, 0.1) is 13.8 Å². The number of nitrogens with zero attached hydrogens (tertiary/aromatic N) is 1. The van der Waals surface area contributed by atoms with E-state index in [0.29, 0.717) is 12.4 Å². The van der Waals surface area contributed by atoms with Crippen LogP contribution in [0.3, 0.4) is 0 Å². The molecule has 0 radical (unpaired) electrons. The van der Waals surface area contributed by atoms with Gasteiger partial charge >= 0.3 is 6.03 Å². The quantitative estimate of drug-likeness (QED) is 0.768. The second-order valence-corrected chi connectivity index (χ2v) is 3.91. The Balaban J connectivity index is 2.49. The average Bonchev–Trinajstić information content (AvgIpc) is 2.16. The summed E-state index contributed by atoms with van der Waals surface area (Å²) in [6.07, 6.45) is 2.07. The van der Waals surface area contributed by atoms with Gasteiger partial charge in [-0.2, -0.15) is 0 Å². The minimum absolute atomic E-state index is 0.189. The van der Waals surface area contributed by atoms with Crippen LogP contribution < -0.4 is 10.6 Å². The van der Waals surface area contributed by atoms with Gasteiger partial charge in [0.2, 0.25) is 0 Å². The molecule has 16 heavy (non-hydrogen) atoms. The number of anilines is 1. The summed E-state index contributed by atoms with van der Waals surface area (Å²) in [7, 11) is 0. The topological polar surface area (TPSA) is 54.0 Å². The van der Waals surface area contributed by atoms with E-state index in [1.807, 2.05) is 26.0 Å². The Kier molecular flexibility index (Phi) is 4.76. The standard InChI is InChI=1S/C12H19N3O/c1-4-5-6-13-12(16)15-11-8-9(2)7-10(3)14-11/h7-8H,4-6H2,1-3H3,(H2,13,14,15,16). The fraction of sp³-hybridized carbons (Fsp3) is 0.500. The van der Waals surface area contributed by atoms with Crippen LogP contribution in [0.5, 0.6) is 0 Å². The van der Waals surface area contributed by atoms with Gasteiger partial charge in [-0.15, -0.1) is 0 Å². The molecule has 0 fully saturated rings. The number of urea groups is 1. The number of aryl methyl sites for hydroxylation is 2. The van der Waals surface area contributed by atoms with Crippen molar-refractivity contribution in [3.63, 3.8) is 0 Å². The fourth-order valence-electron chi connectivity index (χ4n) is 1.44. The summed E-state index contributed by atoms with van der Waals surface area (Å²) in [5, 5.41) is 5.50. The number of hydrogen-bond acceptors (Lipinski definition) is 2. The van der Waals surface area contributed by atoms with Crippen LogP contribution in [0.15, 0.2) is 12.1 Å². The molecule has 4 heteroatoms. The van der Waals surface area contributed by atoms with E-state index in [-0.39, 0.29) is 6.03 Å². The van der Waals surface area contributed by atoms with Crippen molar-refractivity contribution in [1.82, 2.24) is 10.3 Å². The summed E-state index contributed by atoms with van der Waals surface area (Å²) < 4.78 is 0. The Bertz CT molecular complexity index is 343. The zero-order valence-corrected chi connectivity index (χ0v) is 10.1. The third kappa shape index (κ3) is 4.29. The highest BCUT2D eigenvalue weighted by atomic mass is 16.2. The molecule has 0 saturated carbocycles. The molecule has 1 heterocycles. The Morgan fingerprint density at radius 3 is 2.75 bits per heavy atom. The largest absolute Gasteiger partial charge is 0.338 e. The highest BCUT2D eigenvalue weighted by Gasteiger charge is 2.02. The minimum Gasteiger partial charge on any atom is -0.338 e. The van der Waals surface area contributed by atoms with E-state index < -0.39 is 0 Å². The molecular formula is C12H19N3O. The zero-order chi connectivity index (χ0) is 12.0. The fourth-order valence-corrected chi connectivity index (χ4v) is 1.44. The number of pyridine rings is 1. The van der Waals surface area contributed by atoms with E-state index in [1.165, 1.54) is 0 Å². The first-order valence-corrected chi connectivity index (χ1v) is 5.62. The number of nitrogens with one attached hydrogen (secondary N) is 2. The molecule has 0 atom stereocenters. The number of hydrogen-bond donors (Lipinski definition) is 2. The average molecular weight is 221 g/mol. The van der Waals surface area contributed by atoms with E-state index in [2.05, 4.69) is 22.5 Å². The summed E-state index contributed by atoms with van der Waals surface area (Å²) in [5.74, 6) is 0.603. The molecule has 1 rings (SSSR count). The second-order valence-electron chi connectivity index (χ2n) is 3.91. The number of aromatic nitrogens is 1. The third-order valence-corrected chi connectivity index (χ3v) is 2.16. The Labute approximate surface area is 96.5 Å². The lowest BCUT2D eigenvalue weighted by molar-refractivity contribution is 0.252. The van der Waals surface area contributed by atoms with E-state index >= 15 is 0 Å². The van der Waals surface area contributed by atoms with Crippen molar-refractivity contribution in [3.05, 3.63) is 23.4 Å². The molecule has 2 N–H and O–H groups in total. The zero-order valence-electron chi connectivity index (χ0n) is 10.1. The summed E-state index contributed by atoms with van der Waals surface area (Å²) >= 11 is 0. The molecule has 88 valence electrons. The van der Waals surface area contributed by atoms with Crippen molar-refractivity contribution in [1.29, 1.82) is 0 Å². The van der Waals surface area contributed by atoms with Crippen LogP contribution in [-0.2, 0) is 0 Å². The predicted molar refractivity (Wildman–Crippen MR) is 65.6 cm³/mol. The molecule has 1 aromatic rings. The van der Waals surface area contributed by atoms with Gasteiger partial charge in [0.15, 0.2) is 0 Å². The molecule has 0 bridgehead atoms. The molecule has 0 unspecified atom stereocenters. The molecule has 0 spiro atoms. The molecular weight excluding hydrogens is 202 g/mol. The van der Waals surface area contributed by atoms with Gasteiger partial charge in [0.1, 0.15) is 5.82 Å². The van der Waals surface area contributed by atoms with Crippen molar-refractivity contribution in [3.8, 4) is 0 Å². The Hall–Kier alpha value is -1.58. The Morgan fingerprint density at radius 1 is 1.38 bits per heavy atom. The van der Waals surface area contributed by atoms with Gasteiger partial charge in [0, 0.05) is 12.2 Å². The molecule has 0 aliphatic heterocycles. The molecule has 4 nitrogen and oxygen atoms in total. The summed E-state index contributed by atoms with van der Waals surface area (Å²) in [6, 6.07) is 3.64. The molecule has 1 aromatic heterocycles. The highest BCUT2D eigenvalue weighted by molar-refractivity contribution is 5.88. The van der Waals surface area contributed by atoms with Crippen molar-refractivity contribution in [2.24, 2.45) is 0 Å². The summed E-state index contributed by atoms with van der Waals surface area (Å²) in [6.45, 7) is 6.68. The number of carbonyl (C=O) groups is 1. The second kappa shape index (κ2) is 6.10. The minimum atomic E-state index is -0.189. The van der Waals surface area contributed by atoms with Crippen LogP contribution >= 0.6 is 0 Å². The first-order valence-electron chi connectivity index (χ1n) is 5.62. The van der Waals surface area contributed by atoms with Crippen LogP contribution in [0.4, 0.5) is 10.6 Å². The molecule has 0 aliphatic carbocycles. The van der Waals surface area contributed by atoms with Crippen LogP contribution in [0.1, 0.15) is 31.0 Å². The normalized spacial score (nSPS) is 9.94. The summed E-state index contributed by atoms with van der Waals surface area (Å²) in [4.78, 5) is 15.7. The van der Waals surface area contributed by atoms with Crippen LogP contribution in [0.25, 0.3) is 0 Å². The van der Waals surface area contributed by atoms with Crippen molar-refractivity contribution in [2.75, 3.05) is 11.9 Å². The van der Waals surface area contributed by atoms with E-state index in [1.54, 1.807) is 0 Å². The van der Waals surface area contributed by atoms with Gasteiger partial charge < -0.3 is 5.32 Å². The third-order valence-electron chi connectivity index (χ3n) is 2.16. The van der Waals surface area contributed by atoms with Crippen molar-refractivity contribution in [2.45, 2.75) is 33.6 Å². The number of amides is 2. The smallest absolute Gasteiger partial charge is 0.320 e. The van der Waals surface area contributed by atoms with E-state index in [9.17, 15) is 4.79 Å². The van der Waals surface area contributed by atoms with Gasteiger partial charge in [-0.1, -0.05) is 13.3 Å². The van der Waals surface area contributed by atoms with E-state index in [4.69, 9.17) is 0 Å². The number of unbranched alkanes of at least 4 members (excludes halogenated alkanes) is 1. The van der Waals surface area contributed by atoms with Gasteiger partial charge in [-0.25, -0.2) is 9.78 Å². The Morgan fingerprint density at radius 2 is 2.12 bits per heavy atom. The maximum absolute atomic E-state index is 11.4. The van der Waals surface area contributed by atoms with E-state index in [0.717, 1.165) is 24.1 Å². The lowest BCUT2D eigenvalue weighted by Gasteiger charge is -2.07. The molecule has 0 aromatic carbocycles. The maximum Gasteiger partial charge on any atom is 0.320 e. The van der Waals surface area contributed by atoms with Crippen LogP contribution in [-0.4, -0.2) is 17.6 Å². The lowest BCUT2D eigenvalue weighted by atomic mass is 10.2. The van der Waals surface area contributed by atoms with Gasteiger partial charge in [-0.05, 0) is 38.0 Å². The molecule has 0 saturated heterocycles. The van der Waals surface area contributed by atoms with Crippen molar-refractivity contribution >= 4 is 11.8 Å².